The zero-order valence-corrected chi connectivity index (χ0v) is 13.0. The molecule has 1 aromatic carbocycles. The van der Waals surface area contributed by atoms with Crippen LogP contribution in [0.5, 0.6) is 0 Å². The topological polar surface area (TPSA) is 0 Å². The monoisotopic (exact) mass is 260 g/mol. The molecule has 0 radical (unpaired) electrons. The Bertz CT molecular complexity index is 276. The van der Waals surface area contributed by atoms with E-state index in [1.54, 1.807) is 5.56 Å². The predicted molar refractivity (Wildman–Crippen MR) is 86.7 cm³/mol. The molecular weight excluding hydrogens is 228 g/mol. The molecule has 0 bridgehead atoms. The fourth-order valence-corrected chi connectivity index (χ4v) is 2.84. The molecule has 108 valence electrons. The molecule has 0 aliphatic carbocycles. The van der Waals surface area contributed by atoms with Crippen molar-refractivity contribution in [3.8, 4) is 0 Å². The second-order valence-electron chi connectivity index (χ2n) is 5.81. The lowest BCUT2D eigenvalue weighted by Crippen LogP contribution is -1.99. The van der Waals surface area contributed by atoms with Crippen LogP contribution >= 0.6 is 0 Å². The van der Waals surface area contributed by atoms with Gasteiger partial charge in [-0.15, -0.1) is 0 Å². The molecule has 1 rings (SSSR count). The lowest BCUT2D eigenvalue weighted by molar-refractivity contribution is 0.496. The standard InChI is InChI=1S/C19H32/c1-3-5-7-10-14-18(15-11-8-6-4-2)19-16-12-9-13-17-19/h9,12-13,16-18H,3-8,10-11,14-15H2,1-2H3. The van der Waals surface area contributed by atoms with E-state index >= 15 is 0 Å². The molecule has 0 unspecified atom stereocenters. The van der Waals surface area contributed by atoms with Crippen molar-refractivity contribution < 1.29 is 0 Å². The number of rotatable bonds is 11. The van der Waals surface area contributed by atoms with Gasteiger partial charge in [-0.3, -0.25) is 0 Å². The van der Waals surface area contributed by atoms with Gasteiger partial charge in [0.25, 0.3) is 0 Å². The van der Waals surface area contributed by atoms with E-state index in [0.29, 0.717) is 0 Å². The third kappa shape index (κ3) is 7.40. The van der Waals surface area contributed by atoms with Crippen molar-refractivity contribution in [2.24, 2.45) is 0 Å². The Labute approximate surface area is 120 Å². The largest absolute Gasteiger partial charge is 0.0654 e. The molecule has 0 nitrogen and oxygen atoms in total. The van der Waals surface area contributed by atoms with E-state index in [4.69, 9.17) is 0 Å². The molecule has 0 amide bonds. The van der Waals surface area contributed by atoms with Crippen LogP contribution in [-0.2, 0) is 0 Å². The highest BCUT2D eigenvalue weighted by molar-refractivity contribution is 5.19. The van der Waals surface area contributed by atoms with Crippen molar-refractivity contribution in [1.29, 1.82) is 0 Å². The summed E-state index contributed by atoms with van der Waals surface area (Å²) >= 11 is 0. The fraction of sp³-hybridized carbons (Fsp3) is 0.684. The number of unbranched alkanes of at least 4 members (excludes halogenated alkanes) is 6. The minimum Gasteiger partial charge on any atom is -0.0654 e. The highest BCUT2D eigenvalue weighted by atomic mass is 14.2. The first-order valence-corrected chi connectivity index (χ1v) is 8.43. The summed E-state index contributed by atoms with van der Waals surface area (Å²) in [6, 6.07) is 11.2. The molecule has 0 saturated carbocycles. The Morgan fingerprint density at radius 3 is 1.68 bits per heavy atom. The van der Waals surface area contributed by atoms with Gasteiger partial charge in [0, 0.05) is 0 Å². The summed E-state index contributed by atoms with van der Waals surface area (Å²) in [5.41, 5.74) is 1.57. The molecule has 0 aliphatic heterocycles. The van der Waals surface area contributed by atoms with Gasteiger partial charge in [-0.25, -0.2) is 0 Å². The van der Waals surface area contributed by atoms with E-state index in [9.17, 15) is 0 Å². The van der Waals surface area contributed by atoms with Crippen molar-refractivity contribution in [1.82, 2.24) is 0 Å². The Morgan fingerprint density at radius 2 is 1.21 bits per heavy atom. The molecule has 0 fully saturated rings. The molecule has 19 heavy (non-hydrogen) atoms. The third-order valence-electron chi connectivity index (χ3n) is 4.08. The lowest BCUT2D eigenvalue weighted by Gasteiger charge is -2.17. The lowest BCUT2D eigenvalue weighted by atomic mass is 9.88. The second kappa shape index (κ2) is 11.1. The maximum atomic E-state index is 2.32. The van der Waals surface area contributed by atoms with Crippen molar-refractivity contribution in [2.45, 2.75) is 84.0 Å². The van der Waals surface area contributed by atoms with Gasteiger partial charge in [-0.05, 0) is 24.3 Å². The zero-order chi connectivity index (χ0) is 13.8. The molecular formula is C19H32. The molecule has 0 saturated heterocycles. The van der Waals surface area contributed by atoms with Gasteiger partial charge in [0.1, 0.15) is 0 Å². The number of hydrogen-bond donors (Lipinski definition) is 0. The summed E-state index contributed by atoms with van der Waals surface area (Å²) in [5.74, 6) is 0.801. The molecule has 0 aromatic heterocycles. The van der Waals surface area contributed by atoms with Crippen LogP contribution in [0.25, 0.3) is 0 Å². The SMILES string of the molecule is CCCCCCC(CCCCCC)c1ccccc1. The summed E-state index contributed by atoms with van der Waals surface area (Å²) in [5, 5.41) is 0. The van der Waals surface area contributed by atoms with Crippen molar-refractivity contribution in [3.63, 3.8) is 0 Å². The van der Waals surface area contributed by atoms with Crippen LogP contribution in [0.3, 0.4) is 0 Å². The minimum absolute atomic E-state index is 0.801. The van der Waals surface area contributed by atoms with Gasteiger partial charge in [0.2, 0.25) is 0 Å². The Morgan fingerprint density at radius 1 is 0.684 bits per heavy atom. The molecule has 0 N–H and O–H groups in total. The highest BCUT2D eigenvalue weighted by Gasteiger charge is 2.10. The van der Waals surface area contributed by atoms with Crippen LogP contribution in [0.1, 0.15) is 89.5 Å². The minimum atomic E-state index is 0.801. The van der Waals surface area contributed by atoms with Gasteiger partial charge in [-0.2, -0.15) is 0 Å². The predicted octanol–water partition coefficient (Wildman–Crippen LogP) is 6.71. The molecule has 0 heteroatoms. The van der Waals surface area contributed by atoms with Gasteiger partial charge >= 0.3 is 0 Å². The maximum absolute atomic E-state index is 2.32. The van der Waals surface area contributed by atoms with E-state index in [1.165, 1.54) is 64.2 Å². The van der Waals surface area contributed by atoms with E-state index in [1.807, 2.05) is 0 Å². The van der Waals surface area contributed by atoms with Crippen LogP contribution in [0.15, 0.2) is 30.3 Å². The summed E-state index contributed by atoms with van der Waals surface area (Å²) < 4.78 is 0. The number of benzene rings is 1. The maximum Gasteiger partial charge on any atom is -0.0162 e. The van der Waals surface area contributed by atoms with E-state index in [2.05, 4.69) is 44.2 Å². The molecule has 0 atom stereocenters. The van der Waals surface area contributed by atoms with E-state index < -0.39 is 0 Å². The molecule has 0 spiro atoms. The number of hydrogen-bond acceptors (Lipinski definition) is 0. The Kier molecular flexibility index (Phi) is 9.49. The Hall–Kier alpha value is -0.780. The van der Waals surface area contributed by atoms with Crippen LogP contribution in [0.2, 0.25) is 0 Å². The summed E-state index contributed by atoms with van der Waals surface area (Å²) in [4.78, 5) is 0. The average molecular weight is 260 g/mol. The first-order chi connectivity index (χ1) is 9.38. The fourth-order valence-electron chi connectivity index (χ4n) is 2.84. The van der Waals surface area contributed by atoms with E-state index in [-0.39, 0.29) is 0 Å². The summed E-state index contributed by atoms with van der Waals surface area (Å²) in [7, 11) is 0. The van der Waals surface area contributed by atoms with Crippen molar-refractivity contribution in [3.05, 3.63) is 35.9 Å². The van der Waals surface area contributed by atoms with Gasteiger partial charge in [0.05, 0.1) is 0 Å². The van der Waals surface area contributed by atoms with Gasteiger partial charge in [-0.1, -0.05) is 95.5 Å². The molecule has 0 heterocycles. The summed E-state index contributed by atoms with van der Waals surface area (Å²) in [6.45, 7) is 4.58. The quantitative estimate of drug-likeness (QED) is 0.388. The van der Waals surface area contributed by atoms with Crippen LogP contribution < -0.4 is 0 Å². The highest BCUT2D eigenvalue weighted by Crippen LogP contribution is 2.28. The van der Waals surface area contributed by atoms with Crippen LogP contribution in [-0.4, -0.2) is 0 Å². The zero-order valence-electron chi connectivity index (χ0n) is 13.0. The molecule has 0 aliphatic rings. The van der Waals surface area contributed by atoms with Crippen molar-refractivity contribution >= 4 is 0 Å². The van der Waals surface area contributed by atoms with Crippen LogP contribution in [0, 0.1) is 0 Å². The van der Waals surface area contributed by atoms with Crippen molar-refractivity contribution in [2.75, 3.05) is 0 Å². The summed E-state index contributed by atoms with van der Waals surface area (Å²) in [6.07, 6.45) is 13.9. The van der Waals surface area contributed by atoms with Gasteiger partial charge < -0.3 is 0 Å². The van der Waals surface area contributed by atoms with Crippen LogP contribution in [0.4, 0.5) is 0 Å². The first kappa shape index (κ1) is 16.3. The average Bonchev–Trinajstić information content (AvgIpc) is 2.46. The second-order valence-corrected chi connectivity index (χ2v) is 5.81. The molecule has 1 aromatic rings. The Balaban J connectivity index is 2.39. The first-order valence-electron chi connectivity index (χ1n) is 8.43. The third-order valence-corrected chi connectivity index (χ3v) is 4.08. The smallest absolute Gasteiger partial charge is 0.0162 e. The normalized spacial score (nSPS) is 11.1. The van der Waals surface area contributed by atoms with E-state index in [0.717, 1.165) is 5.92 Å². The van der Waals surface area contributed by atoms with Gasteiger partial charge in [0.15, 0.2) is 0 Å².